The van der Waals surface area contributed by atoms with Gasteiger partial charge in [-0.25, -0.2) is 4.98 Å². The van der Waals surface area contributed by atoms with Crippen LogP contribution in [0.15, 0.2) is 227 Å². The number of anilines is 3. The maximum atomic E-state index is 6.82. The fourth-order valence-corrected chi connectivity index (χ4v) is 8.17. The molecule has 2 aromatic heterocycles. The van der Waals surface area contributed by atoms with Crippen LogP contribution < -0.4 is 4.90 Å². The van der Waals surface area contributed by atoms with Crippen molar-refractivity contribution < 1.29 is 8.83 Å². The molecule has 278 valence electrons. The summed E-state index contributed by atoms with van der Waals surface area (Å²) in [5.41, 5.74) is 16.3. The number of hydrogen-bond acceptors (Lipinski definition) is 4. The summed E-state index contributed by atoms with van der Waals surface area (Å²) in [4.78, 5) is 7.31. The number of fused-ring (bicyclic) bond motifs is 5. The molecule has 0 radical (unpaired) electrons. The SMILES string of the molecule is c1ccc(-c2ccc(-c3ccc(N(c4cccc(-c5ccc(-c6ccccc6)cc5)c4)c4cccc5c4oc4ccc6oc(-c7ccccc7)nc6c45)cc3)cc2)cc1. The predicted octanol–water partition coefficient (Wildman–Crippen LogP) is 15.5. The maximum Gasteiger partial charge on any atom is 0.227 e. The number of oxazole rings is 1. The summed E-state index contributed by atoms with van der Waals surface area (Å²) in [5.74, 6) is 0.587. The Labute approximate surface area is 341 Å². The number of hydrogen-bond donors (Lipinski definition) is 0. The molecule has 2 heterocycles. The van der Waals surface area contributed by atoms with E-state index in [9.17, 15) is 0 Å². The number of rotatable bonds is 8. The van der Waals surface area contributed by atoms with Gasteiger partial charge in [-0.1, -0.05) is 164 Å². The van der Waals surface area contributed by atoms with Gasteiger partial charge >= 0.3 is 0 Å². The Morgan fingerprint density at radius 3 is 1.41 bits per heavy atom. The molecule has 0 aliphatic carbocycles. The maximum absolute atomic E-state index is 6.82. The normalized spacial score (nSPS) is 11.4. The highest BCUT2D eigenvalue weighted by molar-refractivity contribution is 6.19. The van der Waals surface area contributed by atoms with Gasteiger partial charge in [-0.3, -0.25) is 0 Å². The summed E-state index contributed by atoms with van der Waals surface area (Å²) < 4.78 is 13.1. The first-order chi connectivity index (χ1) is 29.2. The number of furan rings is 1. The Kier molecular flexibility index (Phi) is 8.45. The van der Waals surface area contributed by atoms with Crippen molar-refractivity contribution in [3.63, 3.8) is 0 Å². The van der Waals surface area contributed by atoms with E-state index >= 15 is 0 Å². The van der Waals surface area contributed by atoms with Crippen LogP contribution in [0, 0.1) is 0 Å². The van der Waals surface area contributed by atoms with Gasteiger partial charge in [-0.05, 0) is 99.1 Å². The van der Waals surface area contributed by atoms with Crippen LogP contribution in [0.4, 0.5) is 17.1 Å². The second-order valence-corrected chi connectivity index (χ2v) is 14.7. The molecule has 0 N–H and O–H groups in total. The van der Waals surface area contributed by atoms with Gasteiger partial charge in [-0.2, -0.15) is 0 Å². The smallest absolute Gasteiger partial charge is 0.227 e. The molecule has 59 heavy (non-hydrogen) atoms. The average Bonchev–Trinajstić information content (AvgIpc) is 3.93. The van der Waals surface area contributed by atoms with E-state index in [0.29, 0.717) is 5.89 Å². The predicted molar refractivity (Wildman–Crippen MR) is 243 cm³/mol. The Balaban J connectivity index is 1.03. The van der Waals surface area contributed by atoms with Gasteiger partial charge in [0.2, 0.25) is 5.89 Å². The van der Waals surface area contributed by atoms with E-state index in [-0.39, 0.29) is 0 Å². The van der Waals surface area contributed by atoms with E-state index in [0.717, 1.165) is 77.9 Å². The molecule has 0 spiro atoms. The molecule has 0 unspecified atom stereocenters. The first kappa shape index (κ1) is 34.3. The Hall–Kier alpha value is -7.95. The molecular formula is C55H36N2O2. The lowest BCUT2D eigenvalue weighted by Gasteiger charge is -2.26. The zero-order valence-corrected chi connectivity index (χ0v) is 32.0. The van der Waals surface area contributed by atoms with E-state index in [1.165, 1.54) is 22.3 Å². The molecule has 0 saturated heterocycles. The van der Waals surface area contributed by atoms with Crippen LogP contribution in [0.25, 0.3) is 89.0 Å². The summed E-state index contributed by atoms with van der Waals surface area (Å²) >= 11 is 0. The summed E-state index contributed by atoms with van der Waals surface area (Å²) in [6, 6.07) is 76.4. The lowest BCUT2D eigenvalue weighted by Crippen LogP contribution is -2.10. The first-order valence-electron chi connectivity index (χ1n) is 19.9. The van der Waals surface area contributed by atoms with Crippen molar-refractivity contribution in [3.8, 4) is 56.0 Å². The van der Waals surface area contributed by atoms with Gasteiger partial charge in [-0.15, -0.1) is 0 Å². The molecule has 0 aliphatic rings. The fourth-order valence-electron chi connectivity index (χ4n) is 8.17. The number of nitrogens with zero attached hydrogens (tertiary/aromatic N) is 2. The van der Waals surface area contributed by atoms with E-state index in [1.54, 1.807) is 0 Å². The lowest BCUT2D eigenvalue weighted by atomic mass is 9.99. The molecule has 0 saturated carbocycles. The molecular weight excluding hydrogens is 721 g/mol. The minimum Gasteiger partial charge on any atom is -0.454 e. The zero-order chi connectivity index (χ0) is 39.1. The number of para-hydroxylation sites is 1. The van der Waals surface area contributed by atoms with Crippen LogP contribution in [-0.2, 0) is 0 Å². The highest BCUT2D eigenvalue weighted by Gasteiger charge is 2.22. The Morgan fingerprint density at radius 2 is 0.814 bits per heavy atom. The number of aromatic nitrogens is 1. The van der Waals surface area contributed by atoms with Gasteiger partial charge in [0.05, 0.1) is 11.1 Å². The zero-order valence-electron chi connectivity index (χ0n) is 32.0. The fraction of sp³-hybridized carbons (Fsp3) is 0. The van der Waals surface area contributed by atoms with E-state index in [2.05, 4.69) is 175 Å². The number of benzene rings is 9. The molecule has 0 amide bonds. The van der Waals surface area contributed by atoms with Crippen molar-refractivity contribution in [2.45, 2.75) is 0 Å². The molecule has 4 heteroatoms. The highest BCUT2D eigenvalue weighted by Crippen LogP contribution is 2.45. The molecule has 9 aromatic carbocycles. The van der Waals surface area contributed by atoms with Crippen molar-refractivity contribution in [1.82, 2.24) is 4.98 Å². The molecule has 0 atom stereocenters. The molecule has 0 aliphatic heterocycles. The minimum atomic E-state index is 0.587. The summed E-state index contributed by atoms with van der Waals surface area (Å²) in [6.45, 7) is 0. The second kappa shape index (κ2) is 14.5. The first-order valence-corrected chi connectivity index (χ1v) is 19.9. The van der Waals surface area contributed by atoms with E-state index in [4.69, 9.17) is 13.8 Å². The standard InChI is InChI=1S/C55H36N2O2/c1-4-12-37(13-5-1)39-22-24-41(25-23-39)42-30-32-46(33-31-42)57(47-19-10-18-45(36-47)43-28-26-40(27-29-43)38-14-6-2-7-15-38)49-21-11-20-48-52-50(58-54(48)49)34-35-51-53(52)56-55(59-51)44-16-8-3-9-17-44/h1-36H. The summed E-state index contributed by atoms with van der Waals surface area (Å²) in [7, 11) is 0. The van der Waals surface area contributed by atoms with Crippen molar-refractivity contribution in [1.29, 1.82) is 0 Å². The topological polar surface area (TPSA) is 42.4 Å². The summed E-state index contributed by atoms with van der Waals surface area (Å²) in [5, 5.41) is 1.91. The van der Waals surface area contributed by atoms with Crippen molar-refractivity contribution in [3.05, 3.63) is 218 Å². The van der Waals surface area contributed by atoms with Crippen LogP contribution >= 0.6 is 0 Å². The van der Waals surface area contributed by atoms with Crippen molar-refractivity contribution in [2.75, 3.05) is 4.90 Å². The van der Waals surface area contributed by atoms with Gasteiger partial charge in [0.25, 0.3) is 0 Å². The van der Waals surface area contributed by atoms with Gasteiger partial charge < -0.3 is 13.7 Å². The third-order valence-corrected chi connectivity index (χ3v) is 11.1. The lowest BCUT2D eigenvalue weighted by molar-refractivity contribution is 0.619. The molecule has 0 bridgehead atoms. The molecule has 11 rings (SSSR count). The van der Waals surface area contributed by atoms with Crippen LogP contribution in [0.3, 0.4) is 0 Å². The largest absolute Gasteiger partial charge is 0.454 e. The molecule has 4 nitrogen and oxygen atoms in total. The van der Waals surface area contributed by atoms with E-state index < -0.39 is 0 Å². The van der Waals surface area contributed by atoms with Crippen LogP contribution in [0.2, 0.25) is 0 Å². The third-order valence-electron chi connectivity index (χ3n) is 11.1. The van der Waals surface area contributed by atoms with Crippen molar-refractivity contribution >= 4 is 50.1 Å². The quantitative estimate of drug-likeness (QED) is 0.155. The van der Waals surface area contributed by atoms with Gasteiger partial charge in [0.15, 0.2) is 11.2 Å². The summed E-state index contributed by atoms with van der Waals surface area (Å²) in [6.07, 6.45) is 0. The van der Waals surface area contributed by atoms with Crippen LogP contribution in [-0.4, -0.2) is 4.98 Å². The van der Waals surface area contributed by atoms with Crippen molar-refractivity contribution in [2.24, 2.45) is 0 Å². The van der Waals surface area contributed by atoms with Gasteiger partial charge in [0, 0.05) is 22.3 Å². The molecule has 11 aromatic rings. The second-order valence-electron chi connectivity index (χ2n) is 14.7. The monoisotopic (exact) mass is 756 g/mol. The highest BCUT2D eigenvalue weighted by atomic mass is 16.4. The van der Waals surface area contributed by atoms with Crippen LogP contribution in [0.5, 0.6) is 0 Å². The molecule has 0 fully saturated rings. The van der Waals surface area contributed by atoms with Crippen LogP contribution in [0.1, 0.15) is 0 Å². The van der Waals surface area contributed by atoms with E-state index in [1.807, 2.05) is 48.5 Å². The Morgan fingerprint density at radius 1 is 0.339 bits per heavy atom. The average molecular weight is 757 g/mol. The Bertz CT molecular complexity index is 3220. The minimum absolute atomic E-state index is 0.587. The third kappa shape index (κ3) is 6.34. The van der Waals surface area contributed by atoms with Gasteiger partial charge in [0.1, 0.15) is 11.1 Å².